The molecule has 0 fully saturated rings. The molecule has 2 N–H and O–H groups in total. The Hall–Kier alpha value is -2.73. The lowest BCUT2D eigenvalue weighted by Crippen LogP contribution is -2.40. The summed E-state index contributed by atoms with van der Waals surface area (Å²) in [5, 5.41) is 4.99. The number of thiocarbonyl (C=S) groups is 1. The van der Waals surface area contributed by atoms with Crippen molar-refractivity contribution in [3.63, 3.8) is 0 Å². The molecule has 6 heteroatoms. The maximum absolute atomic E-state index is 12.7. The minimum Gasteiger partial charge on any atom is -0.363 e. The summed E-state index contributed by atoms with van der Waals surface area (Å²) in [5.74, 6) is 0. The number of aromatic nitrogens is 2. The minimum absolute atomic E-state index is 0.0781. The van der Waals surface area contributed by atoms with Crippen molar-refractivity contribution in [2.45, 2.75) is 39.8 Å². The van der Waals surface area contributed by atoms with Gasteiger partial charge in [-0.2, -0.15) is 0 Å². The van der Waals surface area contributed by atoms with Crippen LogP contribution in [-0.4, -0.2) is 26.5 Å². The molecular weight excluding hydrogens is 368 g/mol. The highest BCUT2D eigenvalue weighted by Crippen LogP contribution is 2.15. The van der Waals surface area contributed by atoms with E-state index in [1.54, 1.807) is 6.20 Å². The molecule has 3 rings (SSSR count). The van der Waals surface area contributed by atoms with Crippen molar-refractivity contribution in [1.29, 1.82) is 0 Å². The Morgan fingerprint density at radius 3 is 2.86 bits per heavy atom. The molecular formula is C22H26N4OS. The van der Waals surface area contributed by atoms with Crippen molar-refractivity contribution in [2.75, 3.05) is 6.54 Å². The topological polar surface area (TPSA) is 61.0 Å². The molecule has 0 aliphatic heterocycles. The van der Waals surface area contributed by atoms with E-state index in [1.165, 1.54) is 0 Å². The van der Waals surface area contributed by atoms with E-state index >= 15 is 0 Å². The number of aryl methyl sites for hydroxylation is 1. The van der Waals surface area contributed by atoms with E-state index in [9.17, 15) is 4.79 Å². The zero-order chi connectivity index (χ0) is 19.9. The molecule has 0 aliphatic carbocycles. The van der Waals surface area contributed by atoms with E-state index in [2.05, 4.69) is 28.3 Å². The number of unbranched alkanes of at least 4 members (excludes halogenated alkanes) is 1. The van der Waals surface area contributed by atoms with Crippen LogP contribution < -0.4 is 10.9 Å². The number of rotatable bonds is 7. The fourth-order valence-electron chi connectivity index (χ4n) is 3.08. The molecule has 0 bridgehead atoms. The molecule has 0 radical (unpaired) electrons. The summed E-state index contributed by atoms with van der Waals surface area (Å²) in [6.45, 7) is 6.02. The van der Waals surface area contributed by atoms with Crippen LogP contribution >= 0.6 is 12.2 Å². The highest BCUT2D eigenvalue weighted by Gasteiger charge is 2.14. The van der Waals surface area contributed by atoms with E-state index in [1.807, 2.05) is 48.4 Å². The maximum Gasteiger partial charge on any atom is 0.253 e. The van der Waals surface area contributed by atoms with Crippen LogP contribution in [-0.2, 0) is 13.1 Å². The summed E-state index contributed by atoms with van der Waals surface area (Å²) in [7, 11) is 0. The van der Waals surface area contributed by atoms with Crippen LogP contribution in [0.25, 0.3) is 10.9 Å². The van der Waals surface area contributed by atoms with Crippen LogP contribution in [0, 0.1) is 6.92 Å². The van der Waals surface area contributed by atoms with Gasteiger partial charge in [0.05, 0.1) is 6.54 Å². The van der Waals surface area contributed by atoms with Crippen molar-refractivity contribution in [3.05, 3.63) is 75.8 Å². The van der Waals surface area contributed by atoms with Gasteiger partial charge in [0.25, 0.3) is 5.56 Å². The maximum atomic E-state index is 12.7. The average molecular weight is 395 g/mol. The third-order valence-corrected chi connectivity index (χ3v) is 5.03. The van der Waals surface area contributed by atoms with Crippen LogP contribution in [0.1, 0.15) is 36.5 Å². The lowest BCUT2D eigenvalue weighted by atomic mass is 10.1. The van der Waals surface area contributed by atoms with E-state index in [0.717, 1.165) is 41.4 Å². The van der Waals surface area contributed by atoms with E-state index < -0.39 is 0 Å². The zero-order valence-electron chi connectivity index (χ0n) is 16.4. The molecule has 28 heavy (non-hydrogen) atoms. The predicted molar refractivity (Wildman–Crippen MR) is 118 cm³/mol. The Labute approximate surface area is 170 Å². The lowest BCUT2D eigenvalue weighted by molar-refractivity contribution is 0.396. The molecule has 2 aromatic heterocycles. The number of aromatic amines is 1. The number of fused-ring (bicyclic) bond motifs is 1. The summed E-state index contributed by atoms with van der Waals surface area (Å²) in [5.41, 5.74) is 3.65. The molecule has 0 unspecified atom stereocenters. The Morgan fingerprint density at radius 1 is 1.25 bits per heavy atom. The van der Waals surface area contributed by atoms with Crippen LogP contribution in [0.2, 0.25) is 0 Å². The van der Waals surface area contributed by atoms with E-state index in [0.29, 0.717) is 23.8 Å². The van der Waals surface area contributed by atoms with E-state index in [-0.39, 0.29) is 5.56 Å². The normalized spacial score (nSPS) is 10.8. The van der Waals surface area contributed by atoms with Gasteiger partial charge < -0.3 is 15.2 Å². The number of nitrogens with one attached hydrogen (secondary N) is 2. The molecule has 0 atom stereocenters. The first kappa shape index (κ1) is 20.0. The van der Waals surface area contributed by atoms with Crippen molar-refractivity contribution in [3.8, 4) is 0 Å². The second-order valence-electron chi connectivity index (χ2n) is 7.02. The summed E-state index contributed by atoms with van der Waals surface area (Å²) in [4.78, 5) is 21.9. The number of H-pyrrole nitrogens is 1. The van der Waals surface area contributed by atoms with Gasteiger partial charge in [-0.05, 0) is 60.3 Å². The quantitative estimate of drug-likeness (QED) is 0.470. The molecule has 5 nitrogen and oxygen atoms in total. The monoisotopic (exact) mass is 394 g/mol. The van der Waals surface area contributed by atoms with Crippen LogP contribution in [0.5, 0.6) is 0 Å². The van der Waals surface area contributed by atoms with Gasteiger partial charge in [-0.15, -0.1) is 0 Å². The molecule has 146 valence electrons. The van der Waals surface area contributed by atoms with Crippen LogP contribution in [0.4, 0.5) is 0 Å². The zero-order valence-corrected chi connectivity index (χ0v) is 17.2. The number of hydrogen-bond donors (Lipinski definition) is 2. The minimum atomic E-state index is -0.0781. The molecule has 3 aromatic rings. The highest BCUT2D eigenvalue weighted by molar-refractivity contribution is 7.80. The van der Waals surface area contributed by atoms with Crippen molar-refractivity contribution < 1.29 is 0 Å². The average Bonchev–Trinajstić information content (AvgIpc) is 2.69. The van der Waals surface area contributed by atoms with Crippen LogP contribution in [0.3, 0.4) is 0 Å². The third kappa shape index (κ3) is 5.16. The fraction of sp³-hybridized carbons (Fsp3) is 0.318. The number of hydrogen-bond acceptors (Lipinski definition) is 3. The summed E-state index contributed by atoms with van der Waals surface area (Å²) in [6.07, 6.45) is 5.73. The summed E-state index contributed by atoms with van der Waals surface area (Å²) in [6, 6.07) is 12.0. The first-order valence-corrected chi connectivity index (χ1v) is 10.0. The Morgan fingerprint density at radius 2 is 2.11 bits per heavy atom. The predicted octanol–water partition coefficient (Wildman–Crippen LogP) is 3.91. The number of benzene rings is 1. The number of pyridine rings is 2. The fourth-order valence-corrected chi connectivity index (χ4v) is 3.31. The molecule has 0 saturated heterocycles. The molecule has 0 spiro atoms. The van der Waals surface area contributed by atoms with Crippen molar-refractivity contribution >= 4 is 28.2 Å². The van der Waals surface area contributed by atoms with Gasteiger partial charge in [0, 0.05) is 36.6 Å². The van der Waals surface area contributed by atoms with Crippen LogP contribution in [0.15, 0.2) is 53.6 Å². The van der Waals surface area contributed by atoms with Gasteiger partial charge in [0.2, 0.25) is 0 Å². The second kappa shape index (κ2) is 9.46. The van der Waals surface area contributed by atoms with Crippen molar-refractivity contribution in [2.24, 2.45) is 0 Å². The summed E-state index contributed by atoms with van der Waals surface area (Å²) < 4.78 is 0. The van der Waals surface area contributed by atoms with Gasteiger partial charge in [0.15, 0.2) is 5.11 Å². The highest BCUT2D eigenvalue weighted by atomic mass is 32.1. The molecule has 0 amide bonds. The standard InChI is InChI=1S/C22H26N4OS/c1-3-4-10-24-22(28)26(14-17-6-5-9-23-13-17)15-19-12-18-8-7-16(2)11-20(18)25-21(19)27/h5-9,11-13H,3-4,10,14-15H2,1-2H3,(H,24,28)(H,25,27). The van der Waals surface area contributed by atoms with E-state index in [4.69, 9.17) is 12.2 Å². The summed E-state index contributed by atoms with van der Waals surface area (Å²) >= 11 is 5.63. The second-order valence-corrected chi connectivity index (χ2v) is 7.40. The largest absolute Gasteiger partial charge is 0.363 e. The van der Waals surface area contributed by atoms with Gasteiger partial charge >= 0.3 is 0 Å². The third-order valence-electron chi connectivity index (χ3n) is 4.63. The first-order valence-electron chi connectivity index (χ1n) is 9.61. The Balaban J connectivity index is 1.86. The Kier molecular flexibility index (Phi) is 6.76. The Bertz CT molecular complexity index is 1000. The molecule has 0 aliphatic rings. The smallest absolute Gasteiger partial charge is 0.253 e. The lowest BCUT2D eigenvalue weighted by Gasteiger charge is -2.26. The SMILES string of the molecule is CCCCNC(=S)N(Cc1cccnc1)Cc1cc2ccc(C)cc2[nH]c1=O. The van der Waals surface area contributed by atoms with Crippen molar-refractivity contribution in [1.82, 2.24) is 20.2 Å². The van der Waals surface area contributed by atoms with Gasteiger partial charge in [0.1, 0.15) is 0 Å². The number of nitrogens with zero attached hydrogens (tertiary/aromatic N) is 2. The molecule has 0 saturated carbocycles. The molecule has 2 heterocycles. The molecule has 1 aromatic carbocycles. The first-order chi connectivity index (χ1) is 13.6. The van der Waals surface area contributed by atoms with Gasteiger partial charge in [-0.1, -0.05) is 31.5 Å². The van der Waals surface area contributed by atoms with Gasteiger partial charge in [-0.25, -0.2) is 0 Å². The van der Waals surface area contributed by atoms with Gasteiger partial charge in [-0.3, -0.25) is 9.78 Å².